The molecule has 10 nitrogen and oxygen atoms in total. The second kappa shape index (κ2) is 10.6. The second-order valence-electron chi connectivity index (χ2n) is 9.03. The Labute approximate surface area is 225 Å². The van der Waals surface area contributed by atoms with E-state index in [1.165, 1.54) is 6.07 Å². The van der Waals surface area contributed by atoms with E-state index >= 15 is 0 Å². The number of aryl methyl sites for hydroxylation is 2. The summed E-state index contributed by atoms with van der Waals surface area (Å²) in [6.07, 6.45) is 5.53. The summed E-state index contributed by atoms with van der Waals surface area (Å²) in [5, 5.41) is 14.6. The van der Waals surface area contributed by atoms with E-state index in [2.05, 4.69) is 15.1 Å². The Balaban J connectivity index is 1.84. The topological polar surface area (TPSA) is 125 Å². The summed E-state index contributed by atoms with van der Waals surface area (Å²) in [5.41, 5.74) is 5.19. The largest absolute Gasteiger partial charge is 0.493 e. The number of nitrogens with zero attached hydrogens (tertiary/aromatic N) is 5. The van der Waals surface area contributed by atoms with E-state index in [0.29, 0.717) is 35.9 Å². The first kappa shape index (κ1) is 25.9. The van der Waals surface area contributed by atoms with Crippen LogP contribution in [0.1, 0.15) is 54.4 Å². The number of pyridine rings is 3. The van der Waals surface area contributed by atoms with Crippen molar-refractivity contribution in [1.29, 1.82) is 0 Å². The Kier molecular flexibility index (Phi) is 7.02. The maximum atomic E-state index is 11.9. The zero-order chi connectivity index (χ0) is 27.7. The van der Waals surface area contributed by atoms with Crippen LogP contribution in [0.15, 0.2) is 53.4 Å². The van der Waals surface area contributed by atoms with E-state index in [1.54, 1.807) is 12.4 Å². The molecule has 5 heterocycles. The Hall–Kier alpha value is -4.73. The average Bonchev–Trinajstić information content (AvgIpc) is 3.47. The van der Waals surface area contributed by atoms with Crippen LogP contribution in [-0.4, -0.2) is 49.0 Å². The van der Waals surface area contributed by atoms with Crippen molar-refractivity contribution in [3.05, 3.63) is 71.8 Å². The zero-order valence-corrected chi connectivity index (χ0v) is 22.4. The minimum atomic E-state index is -1.17. The number of hydrogen-bond acceptors (Lipinski definition) is 8. The number of ether oxygens (including phenoxy) is 2. The lowest BCUT2D eigenvalue weighted by Gasteiger charge is -2.15. The zero-order valence-electron chi connectivity index (χ0n) is 22.4. The maximum absolute atomic E-state index is 11.9. The molecule has 0 fully saturated rings. The van der Waals surface area contributed by atoms with Gasteiger partial charge in [-0.25, -0.2) is 14.8 Å². The molecule has 39 heavy (non-hydrogen) atoms. The third kappa shape index (κ3) is 4.69. The van der Waals surface area contributed by atoms with Crippen LogP contribution in [0.2, 0.25) is 0 Å². The van der Waals surface area contributed by atoms with Crippen molar-refractivity contribution >= 4 is 17.0 Å². The van der Waals surface area contributed by atoms with E-state index in [1.807, 2.05) is 69.6 Å². The van der Waals surface area contributed by atoms with Crippen molar-refractivity contribution in [2.75, 3.05) is 13.2 Å². The number of carbonyl (C=O) groups is 1. The van der Waals surface area contributed by atoms with Gasteiger partial charge < -0.3 is 23.7 Å². The van der Waals surface area contributed by atoms with Crippen molar-refractivity contribution in [2.45, 2.75) is 40.7 Å². The van der Waals surface area contributed by atoms with Crippen molar-refractivity contribution in [3.8, 4) is 33.9 Å². The van der Waals surface area contributed by atoms with Gasteiger partial charge in [0.25, 0.3) is 0 Å². The Morgan fingerprint density at radius 2 is 1.90 bits per heavy atom. The molecule has 0 saturated heterocycles. The summed E-state index contributed by atoms with van der Waals surface area (Å²) < 4.78 is 19.3. The number of fused-ring (bicyclic) bond motifs is 1. The van der Waals surface area contributed by atoms with Crippen LogP contribution < -0.4 is 9.47 Å². The fourth-order valence-electron chi connectivity index (χ4n) is 4.79. The van der Waals surface area contributed by atoms with Gasteiger partial charge in [0.15, 0.2) is 5.69 Å². The van der Waals surface area contributed by atoms with Gasteiger partial charge in [0.1, 0.15) is 17.2 Å². The predicted octanol–water partition coefficient (Wildman–Crippen LogP) is 5.87. The lowest BCUT2D eigenvalue weighted by molar-refractivity contribution is 0.0688. The Morgan fingerprint density at radius 3 is 2.54 bits per heavy atom. The summed E-state index contributed by atoms with van der Waals surface area (Å²) in [5.74, 6) is 0.0553. The van der Waals surface area contributed by atoms with Crippen LogP contribution in [-0.2, 0) is 0 Å². The van der Waals surface area contributed by atoms with Crippen LogP contribution in [0.3, 0.4) is 0 Å². The molecule has 200 valence electrons. The molecule has 5 aromatic heterocycles. The summed E-state index contributed by atoms with van der Waals surface area (Å²) >= 11 is 0. The first-order chi connectivity index (χ1) is 18.8. The lowest BCUT2D eigenvalue weighted by atomic mass is 10.0. The number of aromatic nitrogens is 5. The lowest BCUT2D eigenvalue weighted by Crippen LogP contribution is -2.08. The molecule has 0 aliphatic carbocycles. The summed E-state index contributed by atoms with van der Waals surface area (Å²) in [6, 6.07) is 9.10. The van der Waals surface area contributed by atoms with Gasteiger partial charge in [-0.1, -0.05) is 11.2 Å². The maximum Gasteiger partial charge on any atom is 0.354 e. The number of rotatable bonds is 9. The monoisotopic (exact) mass is 527 g/mol. The molecule has 0 radical (unpaired) electrons. The SMILES string of the molecule is CCOc1cc(C(=O)O)nc(OCC)c1-c1cn([C@@H](C)c2ccccn2)c2ncc(-c3c(C)noc3C)cc12. The van der Waals surface area contributed by atoms with Crippen LogP contribution >= 0.6 is 0 Å². The van der Waals surface area contributed by atoms with Crippen LogP contribution in [0.25, 0.3) is 33.3 Å². The van der Waals surface area contributed by atoms with E-state index in [9.17, 15) is 9.90 Å². The number of carboxylic acids is 1. The predicted molar refractivity (Wildman–Crippen MR) is 145 cm³/mol. The Morgan fingerprint density at radius 1 is 1.10 bits per heavy atom. The molecule has 0 unspecified atom stereocenters. The van der Waals surface area contributed by atoms with Gasteiger partial charge in [-0.2, -0.15) is 0 Å². The second-order valence-corrected chi connectivity index (χ2v) is 9.03. The fraction of sp³-hybridized carbons (Fsp3) is 0.276. The van der Waals surface area contributed by atoms with Crippen LogP contribution in [0, 0.1) is 13.8 Å². The van der Waals surface area contributed by atoms with Gasteiger partial charge in [0, 0.05) is 46.7 Å². The van der Waals surface area contributed by atoms with Crippen LogP contribution in [0.4, 0.5) is 0 Å². The molecule has 5 rings (SSSR count). The van der Waals surface area contributed by atoms with Gasteiger partial charge in [0.2, 0.25) is 5.88 Å². The first-order valence-corrected chi connectivity index (χ1v) is 12.7. The molecule has 0 spiro atoms. The van der Waals surface area contributed by atoms with Gasteiger partial charge in [-0.3, -0.25) is 4.98 Å². The molecule has 0 aliphatic rings. The Bertz CT molecular complexity index is 1610. The molecular formula is C29H29N5O5. The third-order valence-corrected chi connectivity index (χ3v) is 6.54. The first-order valence-electron chi connectivity index (χ1n) is 12.7. The molecule has 1 N–H and O–H groups in total. The van der Waals surface area contributed by atoms with Crippen LogP contribution in [0.5, 0.6) is 11.6 Å². The van der Waals surface area contributed by atoms with Gasteiger partial charge in [-0.15, -0.1) is 0 Å². The highest BCUT2D eigenvalue weighted by atomic mass is 16.5. The fourth-order valence-corrected chi connectivity index (χ4v) is 4.79. The highest BCUT2D eigenvalue weighted by Crippen LogP contribution is 2.44. The van der Waals surface area contributed by atoms with Gasteiger partial charge in [-0.05, 0) is 52.8 Å². The van der Waals surface area contributed by atoms with Gasteiger partial charge >= 0.3 is 5.97 Å². The van der Waals surface area contributed by atoms with Crippen molar-refractivity contribution in [3.63, 3.8) is 0 Å². The smallest absolute Gasteiger partial charge is 0.354 e. The minimum absolute atomic E-state index is 0.155. The van der Waals surface area contributed by atoms with E-state index in [-0.39, 0.29) is 17.6 Å². The molecule has 0 bridgehead atoms. The van der Waals surface area contributed by atoms with E-state index < -0.39 is 5.97 Å². The highest BCUT2D eigenvalue weighted by Gasteiger charge is 2.26. The molecule has 10 heteroatoms. The molecule has 0 aromatic carbocycles. The summed E-state index contributed by atoms with van der Waals surface area (Å²) in [4.78, 5) is 25.6. The number of hydrogen-bond donors (Lipinski definition) is 1. The standard InChI is InChI=1S/C29H29N5O5/c1-6-37-24-13-23(29(35)36)32-28(38-7-2)26(24)21-15-34(17(4)22-10-8-9-11-30-22)27-20(21)12-19(14-31-27)25-16(3)33-39-18(25)5/h8-15,17H,6-7H2,1-5H3,(H,35,36)/t17-/m0/s1. The van der Waals surface area contributed by atoms with Crippen molar-refractivity contribution in [1.82, 2.24) is 24.7 Å². The molecule has 0 amide bonds. The normalized spacial score (nSPS) is 12.0. The van der Waals surface area contributed by atoms with Crippen molar-refractivity contribution < 1.29 is 23.9 Å². The van der Waals surface area contributed by atoms with Gasteiger partial charge in [0.05, 0.1) is 36.2 Å². The molecule has 1 atom stereocenters. The summed E-state index contributed by atoms with van der Waals surface area (Å²) in [7, 11) is 0. The number of carboxylic acid groups (broad SMARTS) is 1. The quantitative estimate of drug-likeness (QED) is 0.250. The minimum Gasteiger partial charge on any atom is -0.493 e. The molecule has 5 aromatic rings. The van der Waals surface area contributed by atoms with E-state index in [0.717, 1.165) is 33.5 Å². The summed E-state index contributed by atoms with van der Waals surface area (Å²) in [6.45, 7) is 10.1. The molecular weight excluding hydrogens is 498 g/mol. The third-order valence-electron chi connectivity index (χ3n) is 6.54. The van der Waals surface area contributed by atoms with Crippen molar-refractivity contribution in [2.24, 2.45) is 0 Å². The number of aromatic carboxylic acids is 1. The average molecular weight is 528 g/mol. The molecule has 0 aliphatic heterocycles. The molecule has 0 saturated carbocycles. The highest BCUT2D eigenvalue weighted by molar-refractivity contribution is 6.00. The van der Waals surface area contributed by atoms with E-state index in [4.69, 9.17) is 19.0 Å².